The van der Waals surface area contributed by atoms with Gasteiger partial charge in [0.15, 0.2) is 0 Å². The standard InChI is InChI=1S/C20H26N4O2/c1-23-11-8-17(14-23)20(26)24(2)12-10-22-19(25)16-6-7-18-15(13-16)5-3-4-9-21-18/h6-8,11,13-14,21H,3-5,9-10,12H2,1-2H3,(H,22,25). The summed E-state index contributed by atoms with van der Waals surface area (Å²) in [7, 11) is 3.63. The van der Waals surface area contributed by atoms with Crippen LogP contribution in [0, 0.1) is 0 Å². The Balaban J connectivity index is 1.52. The van der Waals surface area contributed by atoms with Crippen LogP contribution in [-0.4, -0.2) is 48.0 Å². The lowest BCUT2D eigenvalue weighted by molar-refractivity contribution is 0.0787. The summed E-state index contributed by atoms with van der Waals surface area (Å²) in [6, 6.07) is 7.61. The molecule has 6 nitrogen and oxygen atoms in total. The minimum atomic E-state index is -0.0994. The fraction of sp³-hybridized carbons (Fsp3) is 0.400. The van der Waals surface area contributed by atoms with Gasteiger partial charge in [-0.05, 0) is 49.1 Å². The van der Waals surface area contributed by atoms with Gasteiger partial charge in [0.2, 0.25) is 0 Å². The lowest BCUT2D eigenvalue weighted by atomic mass is 10.0. The molecule has 0 spiro atoms. The molecule has 1 aromatic heterocycles. The quantitative estimate of drug-likeness (QED) is 0.866. The molecule has 2 N–H and O–H groups in total. The summed E-state index contributed by atoms with van der Waals surface area (Å²) in [4.78, 5) is 26.3. The van der Waals surface area contributed by atoms with Gasteiger partial charge in [-0.25, -0.2) is 0 Å². The molecule has 1 aliphatic heterocycles. The topological polar surface area (TPSA) is 66.4 Å². The van der Waals surface area contributed by atoms with Crippen LogP contribution >= 0.6 is 0 Å². The predicted molar refractivity (Wildman–Crippen MR) is 103 cm³/mol. The van der Waals surface area contributed by atoms with E-state index >= 15 is 0 Å². The van der Waals surface area contributed by atoms with Crippen LogP contribution in [-0.2, 0) is 13.5 Å². The van der Waals surface area contributed by atoms with Gasteiger partial charge in [-0.15, -0.1) is 0 Å². The molecule has 3 rings (SSSR count). The third-order valence-electron chi connectivity index (χ3n) is 4.71. The van der Waals surface area contributed by atoms with Crippen molar-refractivity contribution in [2.75, 3.05) is 32.0 Å². The number of hydrogen-bond acceptors (Lipinski definition) is 3. The largest absolute Gasteiger partial charge is 0.385 e. The first-order valence-electron chi connectivity index (χ1n) is 9.07. The summed E-state index contributed by atoms with van der Waals surface area (Å²) in [6.45, 7) is 1.87. The molecular weight excluding hydrogens is 328 g/mol. The van der Waals surface area contributed by atoms with Gasteiger partial charge in [0.05, 0.1) is 5.56 Å². The number of carbonyl (C=O) groups is 2. The molecular formula is C20H26N4O2. The van der Waals surface area contributed by atoms with Crippen molar-refractivity contribution in [3.8, 4) is 0 Å². The summed E-state index contributed by atoms with van der Waals surface area (Å²) in [6.07, 6.45) is 6.92. The van der Waals surface area contributed by atoms with Crippen molar-refractivity contribution in [3.63, 3.8) is 0 Å². The number of likely N-dealkylation sites (N-methyl/N-ethyl adjacent to an activating group) is 1. The Kier molecular flexibility index (Phi) is 5.61. The maximum absolute atomic E-state index is 12.4. The molecule has 6 heteroatoms. The number of hydrogen-bond donors (Lipinski definition) is 2. The molecule has 0 radical (unpaired) electrons. The summed E-state index contributed by atoms with van der Waals surface area (Å²) >= 11 is 0. The molecule has 2 amide bonds. The van der Waals surface area contributed by atoms with Gasteiger partial charge in [-0.2, -0.15) is 0 Å². The average molecular weight is 354 g/mol. The van der Waals surface area contributed by atoms with E-state index in [2.05, 4.69) is 10.6 Å². The molecule has 138 valence electrons. The van der Waals surface area contributed by atoms with Crippen LogP contribution in [0.4, 0.5) is 5.69 Å². The number of benzene rings is 1. The normalized spacial score (nSPS) is 13.3. The van der Waals surface area contributed by atoms with E-state index in [1.165, 1.54) is 5.56 Å². The Morgan fingerprint density at radius 2 is 2.08 bits per heavy atom. The van der Waals surface area contributed by atoms with Gasteiger partial charge < -0.3 is 20.1 Å². The second-order valence-corrected chi connectivity index (χ2v) is 6.80. The van der Waals surface area contributed by atoms with Crippen molar-refractivity contribution in [1.82, 2.24) is 14.8 Å². The lowest BCUT2D eigenvalue weighted by Gasteiger charge is -2.17. The number of nitrogens with zero attached hydrogens (tertiary/aromatic N) is 2. The van der Waals surface area contributed by atoms with Crippen LogP contribution in [0.15, 0.2) is 36.7 Å². The summed E-state index contributed by atoms with van der Waals surface area (Å²) in [5.74, 6) is -0.145. The molecule has 2 aromatic rings. The summed E-state index contributed by atoms with van der Waals surface area (Å²) in [5.41, 5.74) is 3.66. The third-order valence-corrected chi connectivity index (χ3v) is 4.71. The molecule has 0 bridgehead atoms. The number of amides is 2. The minimum absolute atomic E-state index is 0.0454. The maximum Gasteiger partial charge on any atom is 0.255 e. The molecule has 0 unspecified atom stereocenters. The van der Waals surface area contributed by atoms with Crippen molar-refractivity contribution >= 4 is 17.5 Å². The number of rotatable bonds is 5. The average Bonchev–Trinajstić information content (AvgIpc) is 2.93. The Bertz CT molecular complexity index is 797. The van der Waals surface area contributed by atoms with Gasteiger partial charge >= 0.3 is 0 Å². The molecule has 26 heavy (non-hydrogen) atoms. The first kappa shape index (κ1) is 18.0. The smallest absolute Gasteiger partial charge is 0.255 e. The van der Waals surface area contributed by atoms with Crippen LogP contribution < -0.4 is 10.6 Å². The zero-order chi connectivity index (χ0) is 18.5. The van der Waals surface area contributed by atoms with Gasteiger partial charge in [-0.1, -0.05) is 0 Å². The van der Waals surface area contributed by atoms with Crippen molar-refractivity contribution in [2.45, 2.75) is 19.3 Å². The van der Waals surface area contributed by atoms with E-state index in [0.717, 1.165) is 31.5 Å². The zero-order valence-corrected chi connectivity index (χ0v) is 15.4. The number of nitrogens with one attached hydrogen (secondary N) is 2. The Morgan fingerprint density at radius 1 is 1.23 bits per heavy atom. The van der Waals surface area contributed by atoms with Gasteiger partial charge in [0, 0.05) is 57.4 Å². The zero-order valence-electron chi connectivity index (χ0n) is 15.4. The lowest BCUT2D eigenvalue weighted by Crippen LogP contribution is -2.36. The van der Waals surface area contributed by atoms with Gasteiger partial charge in [0.25, 0.3) is 11.8 Å². The van der Waals surface area contributed by atoms with E-state index in [1.54, 1.807) is 24.2 Å². The van der Waals surface area contributed by atoms with Crippen molar-refractivity contribution in [1.29, 1.82) is 0 Å². The monoisotopic (exact) mass is 354 g/mol. The van der Waals surface area contributed by atoms with E-state index in [4.69, 9.17) is 0 Å². The van der Waals surface area contributed by atoms with Crippen LogP contribution in [0.3, 0.4) is 0 Å². The van der Waals surface area contributed by atoms with Gasteiger partial charge in [-0.3, -0.25) is 9.59 Å². The molecule has 0 atom stereocenters. The van der Waals surface area contributed by atoms with Crippen LogP contribution in [0.5, 0.6) is 0 Å². The van der Waals surface area contributed by atoms with E-state index in [-0.39, 0.29) is 11.8 Å². The molecule has 0 fully saturated rings. The highest BCUT2D eigenvalue weighted by Crippen LogP contribution is 2.22. The molecule has 2 heterocycles. The number of carbonyl (C=O) groups excluding carboxylic acids is 2. The molecule has 1 aromatic carbocycles. The fourth-order valence-corrected chi connectivity index (χ4v) is 3.17. The highest BCUT2D eigenvalue weighted by molar-refractivity contribution is 5.95. The van der Waals surface area contributed by atoms with E-state index < -0.39 is 0 Å². The highest BCUT2D eigenvalue weighted by Gasteiger charge is 2.14. The van der Waals surface area contributed by atoms with E-state index in [0.29, 0.717) is 24.2 Å². The van der Waals surface area contributed by atoms with E-state index in [1.807, 2.05) is 36.0 Å². The Hall–Kier alpha value is -2.76. The van der Waals surface area contributed by atoms with Crippen molar-refractivity contribution in [2.24, 2.45) is 7.05 Å². The SMILES string of the molecule is CN(CCNC(=O)c1ccc2c(c1)CCCCN2)C(=O)c1ccn(C)c1. The number of aromatic nitrogens is 1. The fourth-order valence-electron chi connectivity index (χ4n) is 3.17. The highest BCUT2D eigenvalue weighted by atomic mass is 16.2. The Morgan fingerprint density at radius 3 is 2.85 bits per heavy atom. The summed E-state index contributed by atoms with van der Waals surface area (Å²) in [5, 5.41) is 6.31. The Labute approximate surface area is 154 Å². The van der Waals surface area contributed by atoms with Crippen LogP contribution in [0.25, 0.3) is 0 Å². The minimum Gasteiger partial charge on any atom is -0.385 e. The molecule has 0 saturated heterocycles. The number of anilines is 1. The number of fused-ring (bicyclic) bond motifs is 1. The van der Waals surface area contributed by atoms with Crippen molar-refractivity contribution < 1.29 is 9.59 Å². The molecule has 0 saturated carbocycles. The third kappa shape index (κ3) is 4.25. The first-order chi connectivity index (χ1) is 12.5. The summed E-state index contributed by atoms with van der Waals surface area (Å²) < 4.78 is 1.84. The van der Waals surface area contributed by atoms with Crippen LogP contribution in [0.2, 0.25) is 0 Å². The van der Waals surface area contributed by atoms with Crippen LogP contribution in [0.1, 0.15) is 39.1 Å². The van der Waals surface area contributed by atoms with Gasteiger partial charge in [0.1, 0.15) is 0 Å². The molecule has 0 aliphatic carbocycles. The number of aryl methyl sites for hydroxylation is 2. The predicted octanol–water partition coefficient (Wildman–Crippen LogP) is 2.28. The first-order valence-corrected chi connectivity index (χ1v) is 9.07. The second kappa shape index (κ2) is 8.08. The molecule has 1 aliphatic rings. The van der Waals surface area contributed by atoms with E-state index in [9.17, 15) is 9.59 Å². The maximum atomic E-state index is 12.4. The second-order valence-electron chi connectivity index (χ2n) is 6.80. The van der Waals surface area contributed by atoms with Crippen molar-refractivity contribution in [3.05, 3.63) is 53.3 Å².